The van der Waals surface area contributed by atoms with E-state index in [2.05, 4.69) is 32.7 Å². The van der Waals surface area contributed by atoms with Crippen LogP contribution in [0.5, 0.6) is 0 Å². The van der Waals surface area contributed by atoms with E-state index in [-0.39, 0.29) is 24.3 Å². The molecule has 5 nitrogen and oxygen atoms in total. The number of aromatic amines is 1. The molecule has 148 valence electrons. The minimum atomic E-state index is -0.440. The van der Waals surface area contributed by atoms with Crippen LogP contribution in [-0.4, -0.2) is 34.3 Å². The molecule has 29 heavy (non-hydrogen) atoms. The van der Waals surface area contributed by atoms with Gasteiger partial charge in [0, 0.05) is 38.7 Å². The summed E-state index contributed by atoms with van der Waals surface area (Å²) in [4.78, 5) is 32.9. The lowest BCUT2D eigenvalue weighted by atomic mass is 9.96. The fourth-order valence-corrected chi connectivity index (χ4v) is 5.07. The van der Waals surface area contributed by atoms with E-state index in [9.17, 15) is 9.59 Å². The van der Waals surface area contributed by atoms with Crippen molar-refractivity contribution in [1.82, 2.24) is 9.88 Å². The Hall–Kier alpha value is -2.15. The van der Waals surface area contributed by atoms with Gasteiger partial charge in [-0.15, -0.1) is 0 Å². The van der Waals surface area contributed by atoms with Crippen molar-refractivity contribution in [2.45, 2.75) is 31.8 Å². The number of anilines is 1. The third kappa shape index (κ3) is 3.01. The second-order valence-corrected chi connectivity index (χ2v) is 8.99. The number of rotatable bonds is 2. The molecular weight excluding hydrogens is 454 g/mol. The lowest BCUT2D eigenvalue weighted by molar-refractivity contribution is -0.123. The lowest BCUT2D eigenvalue weighted by Crippen LogP contribution is -2.46. The van der Waals surface area contributed by atoms with Crippen LogP contribution in [0.25, 0.3) is 10.9 Å². The third-order valence-corrected chi connectivity index (χ3v) is 6.81. The first-order chi connectivity index (χ1) is 13.9. The molecule has 5 rings (SSSR count). The van der Waals surface area contributed by atoms with Gasteiger partial charge in [-0.05, 0) is 61.4 Å². The second kappa shape index (κ2) is 6.97. The van der Waals surface area contributed by atoms with Crippen LogP contribution in [0, 0.1) is 0 Å². The lowest BCUT2D eigenvalue weighted by Gasteiger charge is -2.36. The number of nitrogens with one attached hydrogen (secondary N) is 1. The number of halogens is 2. The normalized spacial score (nSPS) is 22.5. The first-order valence-corrected chi connectivity index (χ1v) is 10.8. The molecule has 3 heterocycles. The minimum absolute atomic E-state index is 0.0107. The summed E-state index contributed by atoms with van der Waals surface area (Å²) in [6.07, 6.45) is 1.02. The zero-order valence-electron chi connectivity index (χ0n) is 15.8. The van der Waals surface area contributed by atoms with Crippen molar-refractivity contribution in [2.75, 3.05) is 11.4 Å². The Bertz CT molecular complexity index is 1140. The van der Waals surface area contributed by atoms with Gasteiger partial charge in [0.1, 0.15) is 0 Å². The summed E-state index contributed by atoms with van der Waals surface area (Å²) in [6, 6.07) is 12.7. The largest absolute Gasteiger partial charge is 0.357 e. The Kier molecular flexibility index (Phi) is 4.53. The summed E-state index contributed by atoms with van der Waals surface area (Å²) in [5.74, 6) is -0.296. The Morgan fingerprint density at radius 2 is 1.90 bits per heavy atom. The number of carbonyl (C=O) groups is 2. The summed E-state index contributed by atoms with van der Waals surface area (Å²) in [5.41, 5.74) is 4.04. The quantitative estimate of drug-likeness (QED) is 0.543. The maximum Gasteiger partial charge on any atom is 0.251 e. The molecule has 0 saturated carbocycles. The average Bonchev–Trinajstić information content (AvgIpc) is 3.21. The van der Waals surface area contributed by atoms with E-state index in [1.165, 1.54) is 10.5 Å². The molecule has 2 amide bonds. The van der Waals surface area contributed by atoms with Gasteiger partial charge < -0.3 is 4.98 Å². The van der Waals surface area contributed by atoms with Crippen LogP contribution in [0.15, 0.2) is 46.9 Å². The molecule has 2 aliphatic rings. The van der Waals surface area contributed by atoms with Crippen LogP contribution in [0.1, 0.15) is 30.6 Å². The van der Waals surface area contributed by atoms with Crippen molar-refractivity contribution in [3.63, 3.8) is 0 Å². The Labute approximate surface area is 181 Å². The highest BCUT2D eigenvalue weighted by atomic mass is 79.9. The molecule has 0 radical (unpaired) electrons. The SMILES string of the molecule is CC1c2[nH]c3ccc(Cl)cc3c2CCN1C1CC(=O)N(c2ccc(Br)cc2)C1=O. The molecule has 0 bridgehead atoms. The van der Waals surface area contributed by atoms with Gasteiger partial charge in [0.05, 0.1) is 18.2 Å². The Morgan fingerprint density at radius 3 is 2.66 bits per heavy atom. The number of benzene rings is 2. The summed E-state index contributed by atoms with van der Waals surface area (Å²) in [7, 11) is 0. The molecular formula is C22H19BrClN3O2. The molecule has 0 aliphatic carbocycles. The number of amides is 2. The molecule has 2 atom stereocenters. The topological polar surface area (TPSA) is 56.4 Å². The standard InChI is InChI=1S/C22H19BrClN3O2/c1-12-21-16(17-10-14(24)4-7-18(17)25-21)8-9-26(12)19-11-20(28)27(22(19)29)15-5-2-13(23)3-6-15/h2-7,10,12,19,25H,8-9,11H2,1H3. The van der Waals surface area contributed by atoms with Gasteiger partial charge in [-0.2, -0.15) is 0 Å². The summed E-state index contributed by atoms with van der Waals surface area (Å²) >= 11 is 9.58. The third-order valence-electron chi connectivity index (χ3n) is 6.04. The Balaban J connectivity index is 1.46. The highest BCUT2D eigenvalue weighted by Crippen LogP contribution is 2.38. The second-order valence-electron chi connectivity index (χ2n) is 7.63. The maximum atomic E-state index is 13.2. The fraction of sp³-hybridized carbons (Fsp3) is 0.273. The van der Waals surface area contributed by atoms with Gasteiger partial charge in [-0.1, -0.05) is 27.5 Å². The van der Waals surface area contributed by atoms with Crippen LogP contribution >= 0.6 is 27.5 Å². The number of imide groups is 1. The molecule has 7 heteroatoms. The first kappa shape index (κ1) is 18.9. The molecule has 1 aromatic heterocycles. The molecule has 2 aromatic carbocycles. The summed E-state index contributed by atoms with van der Waals surface area (Å²) in [6.45, 7) is 2.82. The van der Waals surface area contributed by atoms with Crippen LogP contribution in [0.4, 0.5) is 5.69 Å². The van der Waals surface area contributed by atoms with E-state index in [0.717, 1.165) is 39.1 Å². The van der Waals surface area contributed by atoms with E-state index in [1.807, 2.05) is 30.3 Å². The fourth-order valence-electron chi connectivity index (χ4n) is 4.63. The van der Waals surface area contributed by atoms with Crippen molar-refractivity contribution in [3.05, 3.63) is 63.2 Å². The minimum Gasteiger partial charge on any atom is -0.357 e. The number of hydrogen-bond acceptors (Lipinski definition) is 3. The molecule has 1 N–H and O–H groups in total. The summed E-state index contributed by atoms with van der Waals surface area (Å²) < 4.78 is 0.910. The highest BCUT2D eigenvalue weighted by Gasteiger charge is 2.45. The summed E-state index contributed by atoms with van der Waals surface area (Å²) in [5, 5.41) is 1.86. The van der Waals surface area contributed by atoms with Gasteiger partial charge in [0.2, 0.25) is 5.91 Å². The van der Waals surface area contributed by atoms with Crippen LogP contribution in [0.3, 0.4) is 0 Å². The van der Waals surface area contributed by atoms with E-state index >= 15 is 0 Å². The predicted octanol–water partition coefficient (Wildman–Crippen LogP) is 4.84. The van der Waals surface area contributed by atoms with Gasteiger partial charge in [0.25, 0.3) is 5.91 Å². The Morgan fingerprint density at radius 1 is 1.14 bits per heavy atom. The highest BCUT2D eigenvalue weighted by molar-refractivity contribution is 9.10. The van der Waals surface area contributed by atoms with Gasteiger partial charge >= 0.3 is 0 Å². The van der Waals surface area contributed by atoms with Gasteiger partial charge in [-0.25, -0.2) is 4.90 Å². The number of H-pyrrole nitrogens is 1. The molecule has 1 fully saturated rings. The number of aromatic nitrogens is 1. The molecule has 0 spiro atoms. The van der Waals surface area contributed by atoms with Crippen molar-refractivity contribution >= 4 is 55.9 Å². The van der Waals surface area contributed by atoms with Crippen LogP contribution in [-0.2, 0) is 16.0 Å². The first-order valence-electron chi connectivity index (χ1n) is 9.62. The van der Waals surface area contributed by atoms with Crippen LogP contribution < -0.4 is 4.90 Å². The van der Waals surface area contributed by atoms with E-state index in [0.29, 0.717) is 5.69 Å². The molecule has 2 unspecified atom stereocenters. The van der Waals surface area contributed by atoms with E-state index in [1.54, 1.807) is 12.1 Å². The van der Waals surface area contributed by atoms with E-state index in [4.69, 9.17) is 11.6 Å². The van der Waals surface area contributed by atoms with E-state index < -0.39 is 6.04 Å². The van der Waals surface area contributed by atoms with Crippen LogP contribution in [0.2, 0.25) is 5.02 Å². The molecule has 3 aromatic rings. The number of nitrogens with zero attached hydrogens (tertiary/aromatic N) is 2. The monoisotopic (exact) mass is 471 g/mol. The number of hydrogen-bond donors (Lipinski definition) is 1. The molecule has 1 saturated heterocycles. The smallest absolute Gasteiger partial charge is 0.251 e. The zero-order chi connectivity index (χ0) is 20.3. The zero-order valence-corrected chi connectivity index (χ0v) is 18.1. The van der Waals surface area contributed by atoms with Gasteiger partial charge in [0.15, 0.2) is 0 Å². The number of carbonyl (C=O) groups excluding carboxylic acids is 2. The predicted molar refractivity (Wildman–Crippen MR) is 117 cm³/mol. The van der Waals surface area contributed by atoms with Crippen molar-refractivity contribution in [3.8, 4) is 0 Å². The maximum absolute atomic E-state index is 13.2. The van der Waals surface area contributed by atoms with Gasteiger partial charge in [-0.3, -0.25) is 14.5 Å². The number of fused-ring (bicyclic) bond motifs is 3. The average molecular weight is 473 g/mol. The van der Waals surface area contributed by atoms with Crippen molar-refractivity contribution < 1.29 is 9.59 Å². The molecule has 2 aliphatic heterocycles. The van der Waals surface area contributed by atoms with Crippen molar-refractivity contribution in [2.24, 2.45) is 0 Å². The van der Waals surface area contributed by atoms with Crippen molar-refractivity contribution in [1.29, 1.82) is 0 Å².